The van der Waals surface area contributed by atoms with Gasteiger partial charge >= 0.3 is 0 Å². The van der Waals surface area contributed by atoms with Crippen molar-refractivity contribution in [3.05, 3.63) is 92.5 Å². The van der Waals surface area contributed by atoms with Crippen LogP contribution in [0.4, 0.5) is 10.1 Å². The van der Waals surface area contributed by atoms with Crippen LogP contribution in [0.5, 0.6) is 0 Å². The lowest BCUT2D eigenvalue weighted by Gasteiger charge is -2.18. The van der Waals surface area contributed by atoms with E-state index >= 15 is 0 Å². The standard InChI is InChI=1S/C20H12BrFN2OS/c21-14-3-1-4-16(11-14)24-19(13-6-8-15(22)9-7-13)23-18(20(24)25)12-17-5-2-10-26-17/h1-12H/b18-12+. The summed E-state index contributed by atoms with van der Waals surface area (Å²) in [6.07, 6.45) is 1.77. The van der Waals surface area contributed by atoms with Gasteiger partial charge in [0.05, 0.1) is 5.69 Å². The van der Waals surface area contributed by atoms with Crippen molar-refractivity contribution in [3.63, 3.8) is 0 Å². The number of thiophene rings is 1. The number of benzene rings is 2. The first-order valence-electron chi connectivity index (χ1n) is 7.82. The zero-order valence-electron chi connectivity index (χ0n) is 13.4. The molecule has 1 aliphatic rings. The lowest BCUT2D eigenvalue weighted by Crippen LogP contribution is -2.32. The molecule has 6 heteroatoms. The second kappa shape index (κ2) is 6.97. The molecular weight excluding hydrogens is 415 g/mol. The summed E-state index contributed by atoms with van der Waals surface area (Å²) in [6.45, 7) is 0. The molecule has 0 fully saturated rings. The second-order valence-corrected chi connectivity index (χ2v) is 7.50. The third kappa shape index (κ3) is 3.25. The Kier molecular flexibility index (Phi) is 4.53. The minimum Gasteiger partial charge on any atom is -0.266 e. The summed E-state index contributed by atoms with van der Waals surface area (Å²) in [6, 6.07) is 17.3. The lowest BCUT2D eigenvalue weighted by atomic mass is 10.1. The van der Waals surface area contributed by atoms with E-state index in [1.165, 1.54) is 23.5 Å². The predicted molar refractivity (Wildman–Crippen MR) is 107 cm³/mol. The van der Waals surface area contributed by atoms with Crippen LogP contribution >= 0.6 is 27.3 Å². The lowest BCUT2D eigenvalue weighted by molar-refractivity contribution is -0.113. The van der Waals surface area contributed by atoms with Gasteiger partial charge in [-0.25, -0.2) is 9.38 Å². The van der Waals surface area contributed by atoms with Crippen LogP contribution in [0, 0.1) is 5.82 Å². The molecule has 26 heavy (non-hydrogen) atoms. The fourth-order valence-corrected chi connectivity index (χ4v) is 3.71. The molecule has 4 rings (SSSR count). The highest BCUT2D eigenvalue weighted by atomic mass is 79.9. The average Bonchev–Trinajstić information content (AvgIpc) is 3.25. The minimum atomic E-state index is -0.331. The normalized spacial score (nSPS) is 15.6. The number of carbonyl (C=O) groups excluding carboxylic acids is 1. The minimum absolute atomic E-state index is 0.212. The molecule has 2 heterocycles. The Morgan fingerprint density at radius 2 is 1.88 bits per heavy atom. The van der Waals surface area contributed by atoms with E-state index in [0.717, 1.165) is 9.35 Å². The summed E-state index contributed by atoms with van der Waals surface area (Å²) < 4.78 is 14.2. The number of carbonyl (C=O) groups is 1. The number of rotatable bonds is 3. The van der Waals surface area contributed by atoms with Crippen molar-refractivity contribution in [1.29, 1.82) is 0 Å². The van der Waals surface area contributed by atoms with Crippen molar-refractivity contribution in [2.45, 2.75) is 0 Å². The van der Waals surface area contributed by atoms with Crippen molar-refractivity contribution < 1.29 is 9.18 Å². The van der Waals surface area contributed by atoms with Crippen LogP contribution in [0.1, 0.15) is 10.4 Å². The third-order valence-electron chi connectivity index (χ3n) is 3.85. The Bertz CT molecular complexity index is 1030. The van der Waals surface area contributed by atoms with E-state index in [4.69, 9.17) is 0 Å². The van der Waals surface area contributed by atoms with E-state index in [0.29, 0.717) is 22.8 Å². The van der Waals surface area contributed by atoms with Gasteiger partial charge in [0.1, 0.15) is 17.3 Å². The summed E-state index contributed by atoms with van der Waals surface area (Å²) in [5.41, 5.74) is 1.73. The number of hydrogen-bond donors (Lipinski definition) is 0. The molecule has 0 saturated carbocycles. The third-order valence-corrected chi connectivity index (χ3v) is 5.16. The summed E-state index contributed by atoms with van der Waals surface area (Å²) >= 11 is 4.98. The molecule has 1 amide bonds. The smallest absolute Gasteiger partial charge is 0.266 e. The first-order chi connectivity index (χ1) is 12.6. The summed E-state index contributed by atoms with van der Waals surface area (Å²) in [4.78, 5) is 20.1. The van der Waals surface area contributed by atoms with Crippen LogP contribution in [0.2, 0.25) is 0 Å². The second-order valence-electron chi connectivity index (χ2n) is 5.61. The molecule has 3 aromatic rings. The fourth-order valence-electron chi connectivity index (χ4n) is 2.67. The fraction of sp³-hybridized carbons (Fsp3) is 0. The maximum atomic E-state index is 13.3. The van der Waals surface area contributed by atoms with Crippen LogP contribution in [-0.2, 0) is 4.79 Å². The van der Waals surface area contributed by atoms with Crippen molar-refractivity contribution in [2.24, 2.45) is 4.99 Å². The molecule has 1 aromatic heterocycles. The molecule has 0 saturated heterocycles. The molecule has 0 aliphatic carbocycles. The summed E-state index contributed by atoms with van der Waals surface area (Å²) in [7, 11) is 0. The van der Waals surface area contributed by atoms with Gasteiger partial charge in [0, 0.05) is 14.9 Å². The Hall–Kier alpha value is -2.57. The number of amidine groups is 1. The van der Waals surface area contributed by atoms with Crippen molar-refractivity contribution >= 4 is 50.8 Å². The molecule has 0 unspecified atom stereocenters. The highest BCUT2D eigenvalue weighted by Gasteiger charge is 2.32. The molecule has 1 aliphatic heterocycles. The Morgan fingerprint density at radius 3 is 2.58 bits per heavy atom. The van der Waals surface area contributed by atoms with Gasteiger partial charge in [0.15, 0.2) is 0 Å². The van der Waals surface area contributed by atoms with Gasteiger partial charge in [0.2, 0.25) is 0 Å². The van der Waals surface area contributed by atoms with Gasteiger partial charge in [-0.1, -0.05) is 28.1 Å². The van der Waals surface area contributed by atoms with Crippen LogP contribution < -0.4 is 4.90 Å². The molecule has 0 radical (unpaired) electrons. The van der Waals surface area contributed by atoms with E-state index in [-0.39, 0.29) is 11.7 Å². The van der Waals surface area contributed by atoms with Gasteiger partial charge in [0.25, 0.3) is 5.91 Å². The maximum Gasteiger partial charge on any atom is 0.282 e. The Morgan fingerprint density at radius 1 is 1.08 bits per heavy atom. The molecule has 0 spiro atoms. The molecule has 0 bridgehead atoms. The zero-order valence-corrected chi connectivity index (χ0v) is 15.8. The average molecular weight is 427 g/mol. The molecular formula is C20H12BrFN2OS. The number of halogens is 2. The molecule has 0 atom stereocenters. The predicted octanol–water partition coefficient (Wildman–Crippen LogP) is 5.48. The van der Waals surface area contributed by atoms with Crippen LogP contribution in [0.25, 0.3) is 6.08 Å². The van der Waals surface area contributed by atoms with Crippen LogP contribution in [0.3, 0.4) is 0 Å². The molecule has 3 nitrogen and oxygen atoms in total. The van der Waals surface area contributed by atoms with Gasteiger partial charge in [-0.05, 0) is 60.0 Å². The molecule has 0 N–H and O–H groups in total. The highest BCUT2D eigenvalue weighted by molar-refractivity contribution is 9.10. The van der Waals surface area contributed by atoms with E-state index in [9.17, 15) is 9.18 Å². The largest absolute Gasteiger partial charge is 0.282 e. The number of nitrogens with zero attached hydrogens (tertiary/aromatic N) is 2. The van der Waals surface area contributed by atoms with E-state index in [1.54, 1.807) is 23.1 Å². The van der Waals surface area contributed by atoms with Gasteiger partial charge in [-0.2, -0.15) is 0 Å². The van der Waals surface area contributed by atoms with Gasteiger partial charge in [-0.15, -0.1) is 11.3 Å². The first kappa shape index (κ1) is 16.9. The van der Waals surface area contributed by atoms with E-state index in [1.807, 2.05) is 41.8 Å². The molecule has 2 aromatic carbocycles. The van der Waals surface area contributed by atoms with Crippen molar-refractivity contribution in [1.82, 2.24) is 0 Å². The number of hydrogen-bond acceptors (Lipinski definition) is 3. The van der Waals surface area contributed by atoms with E-state index < -0.39 is 0 Å². The van der Waals surface area contributed by atoms with Crippen LogP contribution in [0.15, 0.2) is 81.2 Å². The van der Waals surface area contributed by atoms with Crippen LogP contribution in [-0.4, -0.2) is 11.7 Å². The highest BCUT2D eigenvalue weighted by Crippen LogP contribution is 2.30. The van der Waals surface area contributed by atoms with Crippen molar-refractivity contribution in [2.75, 3.05) is 4.90 Å². The monoisotopic (exact) mass is 426 g/mol. The molecule has 128 valence electrons. The zero-order chi connectivity index (χ0) is 18.1. The van der Waals surface area contributed by atoms with E-state index in [2.05, 4.69) is 20.9 Å². The maximum absolute atomic E-state index is 13.3. The van der Waals surface area contributed by atoms with Crippen molar-refractivity contribution in [3.8, 4) is 0 Å². The Balaban J connectivity index is 1.84. The van der Waals surface area contributed by atoms with Gasteiger partial charge < -0.3 is 0 Å². The number of aliphatic imine (C=N–C) groups is 1. The summed E-state index contributed by atoms with van der Waals surface area (Å²) in [5.74, 6) is -0.0613. The summed E-state index contributed by atoms with van der Waals surface area (Å²) in [5, 5.41) is 1.95. The number of anilines is 1. The topological polar surface area (TPSA) is 32.7 Å². The number of amides is 1. The van der Waals surface area contributed by atoms with Gasteiger partial charge in [-0.3, -0.25) is 9.69 Å². The Labute approximate surface area is 162 Å². The quantitative estimate of drug-likeness (QED) is 0.510. The first-order valence-corrected chi connectivity index (χ1v) is 9.49. The SMILES string of the molecule is O=C1/C(=C\c2cccs2)N=C(c2ccc(F)cc2)N1c1cccc(Br)c1.